The van der Waals surface area contributed by atoms with Crippen molar-refractivity contribution in [1.82, 2.24) is 10.6 Å². The quantitative estimate of drug-likeness (QED) is 0.621. The Morgan fingerprint density at radius 1 is 1.19 bits per heavy atom. The van der Waals surface area contributed by atoms with Crippen LogP contribution in [0.5, 0.6) is 0 Å². The normalized spacial score (nSPS) is 22.3. The number of aliphatic carboxylic acids is 1. The van der Waals surface area contributed by atoms with E-state index in [0.29, 0.717) is 0 Å². The molecule has 1 rings (SSSR count). The molecule has 6 heteroatoms. The predicted molar refractivity (Wildman–Crippen MR) is 80.0 cm³/mol. The first-order valence-electron chi connectivity index (χ1n) is 7.46. The van der Waals surface area contributed by atoms with Crippen LogP contribution < -0.4 is 10.6 Å². The lowest BCUT2D eigenvalue weighted by molar-refractivity contribution is -0.146. The Morgan fingerprint density at radius 2 is 1.71 bits per heavy atom. The SMILES string of the molecule is CC1(C)CC(NC(=O)NCC[C@H](O)C(=O)O)CC(C)(C)C1. The second-order valence-electron chi connectivity index (χ2n) is 7.65. The van der Waals surface area contributed by atoms with Crippen molar-refractivity contribution in [3.8, 4) is 0 Å². The number of carbonyl (C=O) groups excluding carboxylic acids is 1. The molecule has 1 aliphatic rings. The summed E-state index contributed by atoms with van der Waals surface area (Å²) in [4.78, 5) is 22.3. The van der Waals surface area contributed by atoms with Crippen molar-refractivity contribution in [2.75, 3.05) is 6.54 Å². The van der Waals surface area contributed by atoms with E-state index in [1.807, 2.05) is 0 Å². The van der Waals surface area contributed by atoms with E-state index in [0.717, 1.165) is 19.3 Å². The summed E-state index contributed by atoms with van der Waals surface area (Å²) in [5, 5.41) is 23.2. The third kappa shape index (κ3) is 6.33. The number of hydrogen-bond donors (Lipinski definition) is 4. The van der Waals surface area contributed by atoms with E-state index in [4.69, 9.17) is 10.2 Å². The van der Waals surface area contributed by atoms with Gasteiger partial charge in [0.15, 0.2) is 6.10 Å². The number of urea groups is 1. The molecule has 0 radical (unpaired) electrons. The Labute approximate surface area is 126 Å². The lowest BCUT2D eigenvalue weighted by Crippen LogP contribution is -2.49. The molecule has 6 nitrogen and oxygen atoms in total. The number of amides is 2. The van der Waals surface area contributed by atoms with Gasteiger partial charge >= 0.3 is 12.0 Å². The Kier molecular flexibility index (Phi) is 5.61. The van der Waals surface area contributed by atoms with Gasteiger partial charge < -0.3 is 20.8 Å². The second kappa shape index (κ2) is 6.64. The monoisotopic (exact) mass is 300 g/mol. The Balaban J connectivity index is 2.39. The van der Waals surface area contributed by atoms with Gasteiger partial charge in [0.1, 0.15) is 0 Å². The van der Waals surface area contributed by atoms with Crippen molar-refractivity contribution in [2.24, 2.45) is 10.8 Å². The highest BCUT2D eigenvalue weighted by atomic mass is 16.4. The van der Waals surface area contributed by atoms with E-state index in [1.165, 1.54) is 0 Å². The van der Waals surface area contributed by atoms with Gasteiger partial charge in [0.25, 0.3) is 0 Å². The Bertz CT molecular complexity index is 377. The van der Waals surface area contributed by atoms with E-state index < -0.39 is 12.1 Å². The molecule has 1 aliphatic carbocycles. The molecular weight excluding hydrogens is 272 g/mol. The van der Waals surface area contributed by atoms with E-state index in [9.17, 15) is 9.59 Å². The van der Waals surface area contributed by atoms with Crippen LogP contribution in [0.25, 0.3) is 0 Å². The van der Waals surface area contributed by atoms with Crippen LogP contribution in [0.1, 0.15) is 53.4 Å². The number of carbonyl (C=O) groups is 2. The van der Waals surface area contributed by atoms with Crippen molar-refractivity contribution in [1.29, 1.82) is 0 Å². The zero-order valence-corrected chi connectivity index (χ0v) is 13.4. The minimum Gasteiger partial charge on any atom is -0.479 e. The molecular formula is C15H28N2O4. The largest absolute Gasteiger partial charge is 0.479 e. The van der Waals surface area contributed by atoms with E-state index in [-0.39, 0.29) is 35.9 Å². The summed E-state index contributed by atoms with van der Waals surface area (Å²) in [7, 11) is 0. The van der Waals surface area contributed by atoms with Gasteiger partial charge in [-0.1, -0.05) is 27.7 Å². The number of rotatable bonds is 5. The molecule has 0 aliphatic heterocycles. The zero-order chi connectivity index (χ0) is 16.3. The molecule has 1 saturated carbocycles. The molecule has 4 N–H and O–H groups in total. The average Bonchev–Trinajstić information content (AvgIpc) is 2.23. The van der Waals surface area contributed by atoms with Crippen LogP contribution in [-0.2, 0) is 4.79 Å². The minimum absolute atomic E-state index is 0.00437. The third-order valence-electron chi connectivity index (χ3n) is 3.88. The van der Waals surface area contributed by atoms with Crippen LogP contribution in [0.4, 0.5) is 4.79 Å². The molecule has 0 aromatic rings. The number of carboxylic acids is 1. The molecule has 1 atom stereocenters. The number of aliphatic hydroxyl groups is 1. The summed E-state index contributed by atoms with van der Waals surface area (Å²) >= 11 is 0. The van der Waals surface area contributed by atoms with Gasteiger partial charge in [0.2, 0.25) is 0 Å². The maximum atomic E-state index is 11.8. The molecule has 0 spiro atoms. The molecule has 2 amide bonds. The fraction of sp³-hybridized carbons (Fsp3) is 0.867. The highest BCUT2D eigenvalue weighted by Crippen LogP contribution is 2.45. The first kappa shape index (κ1) is 17.8. The van der Waals surface area contributed by atoms with Crippen molar-refractivity contribution < 1.29 is 19.8 Å². The average molecular weight is 300 g/mol. The van der Waals surface area contributed by atoms with Gasteiger partial charge in [0, 0.05) is 19.0 Å². The number of nitrogens with one attached hydrogen (secondary N) is 2. The van der Waals surface area contributed by atoms with Crippen LogP contribution in [0.3, 0.4) is 0 Å². The maximum Gasteiger partial charge on any atom is 0.332 e. The molecule has 0 bridgehead atoms. The zero-order valence-electron chi connectivity index (χ0n) is 13.4. The van der Waals surface area contributed by atoms with Gasteiger partial charge in [-0.05, 0) is 30.1 Å². The van der Waals surface area contributed by atoms with Gasteiger partial charge in [0.05, 0.1) is 0 Å². The van der Waals surface area contributed by atoms with Crippen molar-refractivity contribution >= 4 is 12.0 Å². The summed E-state index contributed by atoms with van der Waals surface area (Å²) in [6.45, 7) is 8.99. The first-order valence-corrected chi connectivity index (χ1v) is 7.46. The van der Waals surface area contributed by atoms with Gasteiger partial charge in [-0.2, -0.15) is 0 Å². The van der Waals surface area contributed by atoms with Crippen LogP contribution in [-0.4, -0.2) is 40.9 Å². The highest BCUT2D eigenvalue weighted by Gasteiger charge is 2.38. The summed E-state index contributed by atoms with van der Waals surface area (Å²) in [6.07, 6.45) is 1.57. The summed E-state index contributed by atoms with van der Waals surface area (Å²) in [5.74, 6) is -1.27. The molecule has 0 aromatic carbocycles. The van der Waals surface area contributed by atoms with Crippen molar-refractivity contribution in [3.63, 3.8) is 0 Å². The highest BCUT2D eigenvalue weighted by molar-refractivity contribution is 5.74. The Morgan fingerprint density at radius 3 is 2.19 bits per heavy atom. The van der Waals surface area contributed by atoms with Gasteiger partial charge in [-0.15, -0.1) is 0 Å². The smallest absolute Gasteiger partial charge is 0.332 e. The van der Waals surface area contributed by atoms with Crippen LogP contribution >= 0.6 is 0 Å². The van der Waals surface area contributed by atoms with E-state index in [2.05, 4.69) is 38.3 Å². The standard InChI is InChI=1S/C15H28N2O4/c1-14(2)7-10(8-15(3,4)9-14)17-13(21)16-6-5-11(18)12(19)20/h10-11,18H,5-9H2,1-4H3,(H,19,20)(H2,16,17,21)/t11-/m0/s1. The van der Waals surface area contributed by atoms with Crippen LogP contribution in [0, 0.1) is 10.8 Å². The Hall–Kier alpha value is -1.30. The van der Waals surface area contributed by atoms with Crippen molar-refractivity contribution in [3.05, 3.63) is 0 Å². The van der Waals surface area contributed by atoms with E-state index >= 15 is 0 Å². The lowest BCUT2D eigenvalue weighted by Gasteiger charge is -2.45. The summed E-state index contributed by atoms with van der Waals surface area (Å²) in [6, 6.07) is -0.181. The van der Waals surface area contributed by atoms with Gasteiger partial charge in [-0.3, -0.25) is 0 Å². The maximum absolute atomic E-state index is 11.8. The van der Waals surface area contributed by atoms with Crippen LogP contribution in [0.2, 0.25) is 0 Å². The summed E-state index contributed by atoms with van der Waals surface area (Å²) in [5.41, 5.74) is 0.387. The predicted octanol–water partition coefficient (Wildman–Crippen LogP) is 1.73. The lowest BCUT2D eigenvalue weighted by atomic mass is 9.63. The third-order valence-corrected chi connectivity index (χ3v) is 3.88. The fourth-order valence-electron chi connectivity index (χ4n) is 3.63. The fourth-order valence-corrected chi connectivity index (χ4v) is 3.63. The number of aliphatic hydroxyl groups excluding tert-OH is 1. The van der Waals surface area contributed by atoms with Gasteiger partial charge in [-0.25, -0.2) is 9.59 Å². The van der Waals surface area contributed by atoms with Crippen LogP contribution in [0.15, 0.2) is 0 Å². The molecule has 122 valence electrons. The van der Waals surface area contributed by atoms with Crippen molar-refractivity contribution in [2.45, 2.75) is 65.5 Å². The molecule has 0 heterocycles. The molecule has 1 fully saturated rings. The number of hydrogen-bond acceptors (Lipinski definition) is 3. The molecule has 0 saturated heterocycles. The molecule has 0 unspecified atom stereocenters. The summed E-state index contributed by atoms with van der Waals surface area (Å²) < 4.78 is 0. The molecule has 21 heavy (non-hydrogen) atoms. The topological polar surface area (TPSA) is 98.7 Å². The second-order valence-corrected chi connectivity index (χ2v) is 7.65. The number of carboxylic acid groups (broad SMARTS) is 1. The molecule has 0 aromatic heterocycles. The minimum atomic E-state index is -1.43. The van der Waals surface area contributed by atoms with E-state index in [1.54, 1.807) is 0 Å². The first-order chi connectivity index (χ1) is 9.51.